The number of rotatable bonds is 7. The summed E-state index contributed by atoms with van der Waals surface area (Å²) in [5.41, 5.74) is 0.680. The van der Waals surface area contributed by atoms with Crippen LogP contribution in [-0.4, -0.2) is 34.5 Å². The molecule has 11 nitrogen and oxygen atoms in total. The van der Waals surface area contributed by atoms with Gasteiger partial charge in [0.1, 0.15) is 11.1 Å². The zero-order chi connectivity index (χ0) is 26.4. The maximum atomic E-state index is 12.0. The Balaban J connectivity index is 2.43. The van der Waals surface area contributed by atoms with Gasteiger partial charge in [0.25, 0.3) is 17.3 Å². The fourth-order valence-corrected chi connectivity index (χ4v) is 3.16. The van der Waals surface area contributed by atoms with E-state index in [-0.39, 0.29) is 40.4 Å². The second kappa shape index (κ2) is 11.5. The van der Waals surface area contributed by atoms with E-state index in [1.54, 1.807) is 19.2 Å². The number of halogens is 3. The molecular formula is C19H17Cl3N6O5. The van der Waals surface area contributed by atoms with Gasteiger partial charge in [-0.25, -0.2) is 9.89 Å². The van der Waals surface area contributed by atoms with Crippen LogP contribution in [0.15, 0.2) is 22.0 Å². The van der Waals surface area contributed by atoms with Gasteiger partial charge in [-0.2, -0.15) is 10.4 Å². The van der Waals surface area contributed by atoms with E-state index in [0.29, 0.717) is 0 Å². The lowest BCUT2D eigenvalue weighted by atomic mass is 10.1. The maximum absolute atomic E-state index is 12.0. The van der Waals surface area contributed by atoms with Crippen LogP contribution in [0.3, 0.4) is 0 Å². The van der Waals surface area contributed by atoms with Crippen LogP contribution >= 0.6 is 34.8 Å². The van der Waals surface area contributed by atoms with E-state index >= 15 is 0 Å². The summed E-state index contributed by atoms with van der Waals surface area (Å²) in [4.78, 5) is 35.3. The van der Waals surface area contributed by atoms with E-state index < -0.39 is 45.4 Å². The molecule has 2 aromatic rings. The molecular weight excluding hydrogens is 499 g/mol. The molecule has 0 fully saturated rings. The summed E-state index contributed by atoms with van der Waals surface area (Å²) in [6, 6.07) is 0.390. The van der Waals surface area contributed by atoms with Crippen molar-refractivity contribution >= 4 is 58.2 Å². The first kappa shape index (κ1) is 22.8. The summed E-state index contributed by atoms with van der Waals surface area (Å²) in [7, 11) is 0. The van der Waals surface area contributed by atoms with Crippen LogP contribution in [0.25, 0.3) is 0 Å². The zero-order valence-electron chi connectivity index (χ0n) is 19.3. The number of nitrogens with one attached hydrogen (secondary N) is 3. The Bertz CT molecular complexity index is 1280. The van der Waals surface area contributed by atoms with Crippen molar-refractivity contribution in [2.75, 3.05) is 12.0 Å². The molecule has 14 heteroatoms. The Labute approximate surface area is 205 Å². The molecule has 1 aromatic carbocycles. The molecule has 0 aliphatic carbocycles. The quantitative estimate of drug-likeness (QED) is 0.364. The Morgan fingerprint density at radius 3 is 2.52 bits per heavy atom. The predicted octanol–water partition coefficient (Wildman–Crippen LogP) is 4.21. The third kappa shape index (κ3) is 6.58. The molecule has 0 aliphatic heterocycles. The highest BCUT2D eigenvalue weighted by Crippen LogP contribution is 2.40. The maximum Gasteiger partial charge on any atom is 0.414 e. The minimum absolute atomic E-state index is 0.00913. The summed E-state index contributed by atoms with van der Waals surface area (Å²) in [6.07, 6.45) is -1.09. The van der Waals surface area contributed by atoms with Gasteiger partial charge in [0, 0.05) is 5.56 Å². The van der Waals surface area contributed by atoms with E-state index in [9.17, 15) is 14.4 Å². The number of anilines is 1. The van der Waals surface area contributed by atoms with Gasteiger partial charge in [-0.15, -0.1) is 5.10 Å². The third-order valence-corrected chi connectivity index (χ3v) is 4.56. The minimum atomic E-state index is -1.19. The Hall–Kier alpha value is -3.33. The standard InChI is InChI=1S/C19H17Cl3N6O5/c1-4-32-19(31)24-16(29)12(7-23)26-25-9-5-10(20)15(11(21)6-9)33-18-14(22)13(8(2)3)17(30)27-28-18/h5-6,8,25H,4H2,1-3H3,(H,27,30)(H,24,29,31)/b26-12+/i5D,6D. The van der Waals surface area contributed by atoms with Crippen molar-refractivity contribution in [2.45, 2.75) is 26.7 Å². The Morgan fingerprint density at radius 1 is 1.33 bits per heavy atom. The smallest absolute Gasteiger partial charge is 0.414 e. The average molecular weight is 518 g/mol. The Kier molecular flexibility index (Phi) is 7.97. The van der Waals surface area contributed by atoms with Gasteiger partial charge in [0.2, 0.25) is 5.71 Å². The summed E-state index contributed by atoms with van der Waals surface area (Å²) in [6.45, 7) is 4.97. The normalized spacial score (nSPS) is 11.9. The molecule has 0 bridgehead atoms. The SMILES string of the molecule is [2H]c1c(Cl)c(Oc2n[nH]c(=O)c(C(C)C)c2Cl)c(Cl)c([2H])c1N/N=C(\C#N)C(=O)NC(=O)OCC. The van der Waals surface area contributed by atoms with Gasteiger partial charge in [0.05, 0.1) is 25.1 Å². The molecule has 0 saturated heterocycles. The number of benzene rings is 1. The lowest BCUT2D eigenvalue weighted by Gasteiger charge is -2.13. The highest BCUT2D eigenvalue weighted by molar-refractivity contribution is 6.47. The van der Waals surface area contributed by atoms with Crippen LogP contribution < -0.4 is 21.0 Å². The summed E-state index contributed by atoms with van der Waals surface area (Å²) in [5.74, 6) is -2.08. The van der Waals surface area contributed by atoms with Crippen LogP contribution in [0.4, 0.5) is 10.5 Å². The third-order valence-electron chi connectivity index (χ3n) is 3.66. The minimum Gasteiger partial charge on any atom is -0.450 e. The fraction of sp³-hybridized carbons (Fsp3) is 0.263. The number of amides is 2. The van der Waals surface area contributed by atoms with Crippen molar-refractivity contribution in [3.05, 3.63) is 43.1 Å². The van der Waals surface area contributed by atoms with E-state index in [4.69, 9.17) is 47.5 Å². The number of H-pyrrole nitrogens is 1. The van der Waals surface area contributed by atoms with Crippen molar-refractivity contribution in [2.24, 2.45) is 5.10 Å². The highest BCUT2D eigenvalue weighted by Gasteiger charge is 2.20. The van der Waals surface area contributed by atoms with Crippen molar-refractivity contribution < 1.29 is 21.8 Å². The number of nitriles is 1. The first-order valence-corrected chi connectivity index (χ1v) is 10.2. The molecule has 33 heavy (non-hydrogen) atoms. The molecule has 2 rings (SSSR count). The summed E-state index contributed by atoms with van der Waals surface area (Å²) in [5, 5.41) is 19.5. The zero-order valence-corrected chi connectivity index (χ0v) is 19.6. The van der Waals surface area contributed by atoms with Crippen molar-refractivity contribution in [1.82, 2.24) is 15.5 Å². The number of alkyl carbamates (subject to hydrolysis) is 1. The molecule has 0 radical (unpaired) electrons. The van der Waals surface area contributed by atoms with E-state index in [1.165, 1.54) is 13.0 Å². The molecule has 1 aromatic heterocycles. The number of hydrogen-bond donors (Lipinski definition) is 3. The number of imide groups is 1. The van der Waals surface area contributed by atoms with Gasteiger partial charge < -0.3 is 9.47 Å². The number of nitrogens with zero attached hydrogens (tertiary/aromatic N) is 3. The molecule has 0 unspecified atom stereocenters. The molecule has 1 heterocycles. The Morgan fingerprint density at radius 2 is 1.97 bits per heavy atom. The number of hydrazone groups is 1. The van der Waals surface area contributed by atoms with Crippen LogP contribution in [0.2, 0.25) is 15.1 Å². The van der Waals surface area contributed by atoms with Crippen molar-refractivity contribution in [3.8, 4) is 17.7 Å². The first-order valence-electron chi connectivity index (χ1n) is 10.1. The fourth-order valence-electron chi connectivity index (χ4n) is 2.27. The lowest BCUT2D eigenvalue weighted by molar-refractivity contribution is -0.114. The van der Waals surface area contributed by atoms with E-state index in [1.807, 2.05) is 0 Å². The van der Waals surface area contributed by atoms with Crippen LogP contribution in [0.5, 0.6) is 11.6 Å². The molecule has 0 aliphatic rings. The lowest BCUT2D eigenvalue weighted by Crippen LogP contribution is -2.36. The highest BCUT2D eigenvalue weighted by atomic mass is 35.5. The number of hydrogen-bond acceptors (Lipinski definition) is 9. The molecule has 3 N–H and O–H groups in total. The number of aromatic nitrogens is 2. The van der Waals surface area contributed by atoms with E-state index in [2.05, 4.69) is 25.5 Å². The van der Waals surface area contributed by atoms with Crippen molar-refractivity contribution in [1.29, 1.82) is 5.26 Å². The largest absolute Gasteiger partial charge is 0.450 e. The summed E-state index contributed by atoms with van der Waals surface area (Å²) >= 11 is 18.7. The van der Waals surface area contributed by atoms with Gasteiger partial charge in [-0.1, -0.05) is 48.7 Å². The van der Waals surface area contributed by atoms with Gasteiger partial charge in [0.15, 0.2) is 5.75 Å². The topological polar surface area (TPSA) is 159 Å². The molecule has 174 valence electrons. The molecule has 0 saturated carbocycles. The second-order valence-corrected chi connectivity index (χ2v) is 7.42. The number of ether oxygens (including phenoxy) is 2. The number of carbonyl (C=O) groups is 2. The van der Waals surface area contributed by atoms with E-state index in [0.717, 1.165) is 0 Å². The molecule has 2 amide bonds. The molecule has 0 atom stereocenters. The van der Waals surface area contributed by atoms with Crippen LogP contribution in [0, 0.1) is 11.3 Å². The average Bonchev–Trinajstić information content (AvgIpc) is 2.79. The van der Waals surface area contributed by atoms with Gasteiger partial charge in [-0.05, 0) is 24.9 Å². The number of carbonyl (C=O) groups excluding carboxylic acids is 2. The number of aromatic amines is 1. The van der Waals surface area contributed by atoms with Gasteiger partial charge >= 0.3 is 6.09 Å². The predicted molar refractivity (Wildman–Crippen MR) is 122 cm³/mol. The summed E-state index contributed by atoms with van der Waals surface area (Å²) < 4.78 is 26.5. The second-order valence-electron chi connectivity index (χ2n) is 6.28. The van der Waals surface area contributed by atoms with Crippen LogP contribution in [0.1, 0.15) is 35.0 Å². The van der Waals surface area contributed by atoms with Crippen LogP contribution in [-0.2, 0) is 9.53 Å². The monoisotopic (exact) mass is 516 g/mol. The van der Waals surface area contributed by atoms with Gasteiger partial charge in [-0.3, -0.25) is 20.3 Å². The molecule has 0 spiro atoms. The van der Waals surface area contributed by atoms with Crippen molar-refractivity contribution in [3.63, 3.8) is 0 Å². The first-order chi connectivity index (χ1) is 16.4.